The number of nitriles is 1. The van der Waals surface area contributed by atoms with Gasteiger partial charge >= 0.3 is 6.18 Å². The highest BCUT2D eigenvalue weighted by Crippen LogP contribution is 2.32. The van der Waals surface area contributed by atoms with Gasteiger partial charge in [0.15, 0.2) is 0 Å². The van der Waals surface area contributed by atoms with Gasteiger partial charge in [0.1, 0.15) is 11.9 Å². The molecule has 0 aliphatic carbocycles. The molecule has 0 atom stereocenters. The molecule has 1 heterocycles. The average Bonchev–Trinajstić information content (AvgIpc) is 2.15. The second kappa shape index (κ2) is 3.54. The molecule has 0 aliphatic rings. The minimum absolute atomic E-state index is 0.0799. The first-order valence-electron chi connectivity index (χ1n) is 3.64. The van der Waals surface area contributed by atoms with Crippen molar-refractivity contribution >= 4 is 5.82 Å². The lowest BCUT2D eigenvalue weighted by atomic mass is 10.1. The van der Waals surface area contributed by atoms with E-state index in [0.29, 0.717) is 0 Å². The second-order valence-corrected chi connectivity index (χ2v) is 2.47. The third-order valence-corrected chi connectivity index (χ3v) is 1.59. The fourth-order valence-corrected chi connectivity index (χ4v) is 0.916. The first-order chi connectivity index (χ1) is 6.49. The highest BCUT2D eigenvalue weighted by molar-refractivity contribution is 5.46. The van der Waals surface area contributed by atoms with Crippen LogP contribution in [0.25, 0.3) is 0 Å². The highest BCUT2D eigenvalue weighted by Gasteiger charge is 2.34. The summed E-state index contributed by atoms with van der Waals surface area (Å²) in [6, 6.07) is 2.25. The molecule has 0 saturated carbocycles. The predicted octanol–water partition coefficient (Wildman–Crippen LogP) is 2.01. The molecular weight excluding hydrogens is 195 g/mol. The van der Waals surface area contributed by atoms with Crippen LogP contribution in [0.4, 0.5) is 19.0 Å². The summed E-state index contributed by atoms with van der Waals surface area (Å²) in [4.78, 5) is 3.61. The highest BCUT2D eigenvalue weighted by atomic mass is 19.4. The van der Waals surface area contributed by atoms with Crippen LogP contribution in [0.2, 0.25) is 0 Å². The Morgan fingerprint density at radius 1 is 1.50 bits per heavy atom. The molecule has 0 unspecified atom stereocenters. The van der Waals surface area contributed by atoms with E-state index in [1.54, 1.807) is 0 Å². The Kier molecular flexibility index (Phi) is 2.60. The molecule has 74 valence electrons. The maximum atomic E-state index is 12.3. The van der Waals surface area contributed by atoms with Gasteiger partial charge in [0.05, 0.1) is 11.1 Å². The number of anilines is 1. The molecule has 0 fully saturated rings. The zero-order valence-electron chi connectivity index (χ0n) is 7.18. The molecule has 1 aromatic heterocycles. The van der Waals surface area contributed by atoms with Crippen molar-refractivity contribution in [1.82, 2.24) is 4.98 Å². The van der Waals surface area contributed by atoms with Crippen LogP contribution < -0.4 is 5.32 Å². The number of nitrogens with one attached hydrogen (secondary N) is 1. The van der Waals surface area contributed by atoms with Gasteiger partial charge in [0, 0.05) is 13.2 Å². The third kappa shape index (κ3) is 1.93. The predicted molar refractivity (Wildman–Crippen MR) is 43.5 cm³/mol. The number of halogens is 3. The second-order valence-electron chi connectivity index (χ2n) is 2.47. The van der Waals surface area contributed by atoms with Crippen molar-refractivity contribution < 1.29 is 13.2 Å². The van der Waals surface area contributed by atoms with Gasteiger partial charge in [-0.2, -0.15) is 18.4 Å². The van der Waals surface area contributed by atoms with Crippen molar-refractivity contribution in [2.45, 2.75) is 6.18 Å². The smallest absolute Gasteiger partial charge is 0.373 e. The van der Waals surface area contributed by atoms with Crippen LogP contribution in [-0.2, 0) is 6.18 Å². The molecule has 0 radical (unpaired) electrons. The molecular formula is C8H6F3N3. The lowest BCUT2D eigenvalue weighted by molar-refractivity contribution is -0.137. The van der Waals surface area contributed by atoms with Crippen molar-refractivity contribution in [1.29, 1.82) is 5.26 Å². The quantitative estimate of drug-likeness (QED) is 0.756. The molecule has 0 spiro atoms. The lowest BCUT2D eigenvalue weighted by Crippen LogP contribution is -2.09. The van der Waals surface area contributed by atoms with Crippen molar-refractivity contribution in [2.75, 3.05) is 12.4 Å². The zero-order valence-corrected chi connectivity index (χ0v) is 7.18. The molecule has 6 heteroatoms. The van der Waals surface area contributed by atoms with Gasteiger partial charge in [0.25, 0.3) is 0 Å². The van der Waals surface area contributed by atoms with Crippen LogP contribution in [0.3, 0.4) is 0 Å². The van der Waals surface area contributed by atoms with E-state index in [0.717, 1.165) is 12.3 Å². The third-order valence-electron chi connectivity index (χ3n) is 1.59. The van der Waals surface area contributed by atoms with Crippen molar-refractivity contribution in [3.05, 3.63) is 23.4 Å². The number of rotatable bonds is 1. The normalized spacial score (nSPS) is 10.8. The summed E-state index contributed by atoms with van der Waals surface area (Å²) in [5.74, 6) is 0.0799. The molecule has 14 heavy (non-hydrogen) atoms. The van der Waals surface area contributed by atoms with Crippen LogP contribution in [0.5, 0.6) is 0 Å². The van der Waals surface area contributed by atoms with E-state index in [4.69, 9.17) is 5.26 Å². The molecule has 0 aromatic carbocycles. The largest absolute Gasteiger partial charge is 0.417 e. The standard InChI is InChI=1S/C8H6F3N3/c1-13-7-2-6(8(9,10)11)5(3-12)4-14-7/h2,4H,1H3,(H,13,14). The SMILES string of the molecule is CNc1cc(C(F)(F)F)c(C#N)cn1. The summed E-state index contributed by atoms with van der Waals surface area (Å²) in [6.07, 6.45) is -3.63. The van der Waals surface area contributed by atoms with Crippen molar-refractivity contribution in [2.24, 2.45) is 0 Å². The molecule has 1 rings (SSSR count). The minimum Gasteiger partial charge on any atom is -0.373 e. The number of hydrogen-bond acceptors (Lipinski definition) is 3. The van der Waals surface area contributed by atoms with E-state index in [-0.39, 0.29) is 5.82 Å². The molecule has 0 bridgehead atoms. The Labute approximate surface area is 78.2 Å². The van der Waals surface area contributed by atoms with Gasteiger partial charge < -0.3 is 5.32 Å². The first kappa shape index (κ1) is 10.3. The monoisotopic (exact) mass is 201 g/mol. The minimum atomic E-state index is -4.53. The summed E-state index contributed by atoms with van der Waals surface area (Å²) in [7, 11) is 1.45. The first-order valence-corrected chi connectivity index (χ1v) is 3.64. The van der Waals surface area contributed by atoms with Crippen molar-refractivity contribution in [3.63, 3.8) is 0 Å². The molecule has 1 aromatic rings. The van der Waals surface area contributed by atoms with Crippen molar-refractivity contribution in [3.8, 4) is 6.07 Å². The van der Waals surface area contributed by atoms with E-state index in [1.807, 2.05) is 0 Å². The van der Waals surface area contributed by atoms with Gasteiger partial charge in [-0.3, -0.25) is 0 Å². The molecule has 0 amide bonds. The Morgan fingerprint density at radius 3 is 2.57 bits per heavy atom. The van der Waals surface area contributed by atoms with E-state index in [2.05, 4.69) is 10.3 Å². The van der Waals surface area contributed by atoms with Gasteiger partial charge in [-0.15, -0.1) is 0 Å². The molecule has 0 aliphatic heterocycles. The van der Waals surface area contributed by atoms with Crippen LogP contribution in [-0.4, -0.2) is 12.0 Å². The fourth-order valence-electron chi connectivity index (χ4n) is 0.916. The molecule has 0 saturated heterocycles. The Bertz CT molecular complexity index is 378. The summed E-state index contributed by atoms with van der Waals surface area (Å²) < 4.78 is 37.0. The van der Waals surface area contributed by atoms with E-state index in [9.17, 15) is 13.2 Å². The fraction of sp³-hybridized carbons (Fsp3) is 0.250. The number of pyridine rings is 1. The number of aromatic nitrogens is 1. The Hall–Kier alpha value is -1.77. The summed E-state index contributed by atoms with van der Waals surface area (Å²) in [5, 5.41) is 10.9. The topological polar surface area (TPSA) is 48.7 Å². The summed E-state index contributed by atoms with van der Waals surface area (Å²) in [6.45, 7) is 0. The van der Waals surface area contributed by atoms with Crippen LogP contribution in [0, 0.1) is 11.3 Å². The Morgan fingerprint density at radius 2 is 2.14 bits per heavy atom. The molecule has 3 nitrogen and oxygen atoms in total. The van der Waals surface area contributed by atoms with Gasteiger partial charge in [0.2, 0.25) is 0 Å². The maximum Gasteiger partial charge on any atom is 0.417 e. The van der Waals surface area contributed by atoms with E-state index in [1.165, 1.54) is 13.1 Å². The van der Waals surface area contributed by atoms with Crippen LogP contribution >= 0.6 is 0 Å². The molecule has 1 N–H and O–H groups in total. The van der Waals surface area contributed by atoms with Gasteiger partial charge in [-0.25, -0.2) is 4.98 Å². The van der Waals surface area contributed by atoms with E-state index < -0.39 is 17.3 Å². The zero-order chi connectivity index (χ0) is 10.8. The number of alkyl halides is 3. The number of hydrogen-bond donors (Lipinski definition) is 1. The maximum absolute atomic E-state index is 12.3. The summed E-state index contributed by atoms with van der Waals surface area (Å²) >= 11 is 0. The number of nitrogens with zero attached hydrogens (tertiary/aromatic N) is 2. The van der Waals surface area contributed by atoms with Gasteiger partial charge in [-0.05, 0) is 6.07 Å². The Balaban J connectivity index is 3.31. The van der Waals surface area contributed by atoms with Crippen LogP contribution in [0.15, 0.2) is 12.3 Å². The lowest BCUT2D eigenvalue weighted by Gasteiger charge is -2.09. The summed E-state index contributed by atoms with van der Waals surface area (Å²) in [5.41, 5.74) is -1.45. The average molecular weight is 201 g/mol. The van der Waals surface area contributed by atoms with E-state index >= 15 is 0 Å². The van der Waals surface area contributed by atoms with Gasteiger partial charge in [-0.1, -0.05) is 0 Å². The van der Waals surface area contributed by atoms with Crippen LogP contribution in [0.1, 0.15) is 11.1 Å².